The normalized spacial score (nSPS) is 21.1. The number of benzene rings is 1. The number of hydrogen-bond acceptors (Lipinski definition) is 5. The van der Waals surface area contributed by atoms with Crippen molar-refractivity contribution < 1.29 is 9.32 Å². The molecule has 0 aliphatic heterocycles. The van der Waals surface area contributed by atoms with Gasteiger partial charge in [-0.15, -0.1) is 12.4 Å². The van der Waals surface area contributed by atoms with E-state index in [2.05, 4.69) is 15.5 Å². The fourth-order valence-corrected chi connectivity index (χ4v) is 3.03. The van der Waals surface area contributed by atoms with Crippen molar-refractivity contribution in [2.45, 2.75) is 44.7 Å². The van der Waals surface area contributed by atoms with E-state index in [9.17, 15) is 4.79 Å². The SMILES string of the molecule is CC(NC(=O)C[C@@H]1CCC[C@H]1N)c1noc(-c2ccccc2)n1.Cl. The zero-order valence-corrected chi connectivity index (χ0v) is 14.5. The molecule has 1 aromatic heterocycles. The summed E-state index contributed by atoms with van der Waals surface area (Å²) >= 11 is 0. The molecule has 6 nitrogen and oxygen atoms in total. The third-order valence-corrected chi connectivity index (χ3v) is 4.39. The Morgan fingerprint density at radius 2 is 2.12 bits per heavy atom. The zero-order valence-electron chi connectivity index (χ0n) is 13.6. The van der Waals surface area contributed by atoms with Gasteiger partial charge in [0.15, 0.2) is 5.82 Å². The molecule has 0 spiro atoms. The lowest BCUT2D eigenvalue weighted by Gasteiger charge is -2.16. The average molecular weight is 351 g/mol. The smallest absolute Gasteiger partial charge is 0.257 e. The van der Waals surface area contributed by atoms with Gasteiger partial charge in [0.05, 0.1) is 6.04 Å². The standard InChI is InChI=1S/C17H22N4O2.ClH/c1-11(19-15(22)10-13-8-5-9-14(13)18)16-20-17(23-21-16)12-6-3-2-4-7-12;/h2-4,6-7,11,13-14H,5,8-10,18H2,1H3,(H,19,22);1H/t11?,13-,14+;/m0./s1. The number of rotatable bonds is 5. The van der Waals surface area contributed by atoms with Crippen LogP contribution in [-0.4, -0.2) is 22.1 Å². The summed E-state index contributed by atoms with van der Waals surface area (Å²) in [6.45, 7) is 1.85. The largest absolute Gasteiger partial charge is 0.346 e. The summed E-state index contributed by atoms with van der Waals surface area (Å²) in [5.74, 6) is 1.21. The molecule has 3 rings (SSSR count). The van der Waals surface area contributed by atoms with E-state index in [1.807, 2.05) is 37.3 Å². The fourth-order valence-electron chi connectivity index (χ4n) is 3.03. The molecule has 1 heterocycles. The van der Waals surface area contributed by atoms with E-state index >= 15 is 0 Å². The van der Waals surface area contributed by atoms with Gasteiger partial charge in [0.25, 0.3) is 5.89 Å². The van der Waals surface area contributed by atoms with E-state index in [0.29, 0.717) is 18.1 Å². The molecule has 0 bridgehead atoms. The lowest BCUT2D eigenvalue weighted by molar-refractivity contribution is -0.122. The molecule has 1 aliphatic rings. The van der Waals surface area contributed by atoms with E-state index in [4.69, 9.17) is 10.3 Å². The van der Waals surface area contributed by atoms with Crippen LogP contribution < -0.4 is 11.1 Å². The first-order valence-corrected chi connectivity index (χ1v) is 8.07. The highest BCUT2D eigenvalue weighted by molar-refractivity contribution is 5.85. The van der Waals surface area contributed by atoms with Crippen molar-refractivity contribution in [3.05, 3.63) is 36.2 Å². The van der Waals surface area contributed by atoms with Gasteiger partial charge in [-0.25, -0.2) is 0 Å². The molecule has 0 radical (unpaired) electrons. The van der Waals surface area contributed by atoms with Crippen molar-refractivity contribution in [2.75, 3.05) is 0 Å². The molecule has 1 aliphatic carbocycles. The summed E-state index contributed by atoms with van der Waals surface area (Å²) in [6.07, 6.45) is 3.62. The van der Waals surface area contributed by atoms with Crippen LogP contribution in [0.1, 0.15) is 44.5 Å². The molecule has 0 saturated heterocycles. The lowest BCUT2D eigenvalue weighted by atomic mass is 10.00. The molecule has 1 amide bonds. The van der Waals surface area contributed by atoms with Gasteiger partial charge in [-0.2, -0.15) is 4.98 Å². The summed E-state index contributed by atoms with van der Waals surface area (Å²) in [5.41, 5.74) is 6.88. The fraction of sp³-hybridized carbons (Fsp3) is 0.471. The van der Waals surface area contributed by atoms with Crippen LogP contribution in [0, 0.1) is 5.92 Å². The summed E-state index contributed by atoms with van der Waals surface area (Å²) < 4.78 is 5.27. The van der Waals surface area contributed by atoms with Crippen molar-refractivity contribution in [3.8, 4) is 11.5 Å². The number of halogens is 1. The summed E-state index contributed by atoms with van der Waals surface area (Å²) in [6, 6.07) is 9.42. The van der Waals surface area contributed by atoms with Gasteiger partial charge in [0, 0.05) is 18.0 Å². The van der Waals surface area contributed by atoms with Crippen LogP contribution in [0.15, 0.2) is 34.9 Å². The average Bonchev–Trinajstić information content (AvgIpc) is 3.18. The highest BCUT2D eigenvalue weighted by Gasteiger charge is 2.27. The van der Waals surface area contributed by atoms with Crippen LogP contribution in [-0.2, 0) is 4.79 Å². The maximum Gasteiger partial charge on any atom is 0.257 e. The maximum absolute atomic E-state index is 12.2. The molecule has 3 N–H and O–H groups in total. The molecule has 1 saturated carbocycles. The molecule has 24 heavy (non-hydrogen) atoms. The van der Waals surface area contributed by atoms with Gasteiger partial charge >= 0.3 is 0 Å². The molecule has 3 atom stereocenters. The Morgan fingerprint density at radius 3 is 2.79 bits per heavy atom. The number of nitrogens with zero attached hydrogens (tertiary/aromatic N) is 2. The Morgan fingerprint density at radius 1 is 1.38 bits per heavy atom. The zero-order chi connectivity index (χ0) is 16.2. The molecular formula is C17H23ClN4O2. The third-order valence-electron chi connectivity index (χ3n) is 4.39. The molecule has 7 heteroatoms. The molecule has 1 unspecified atom stereocenters. The Labute approximate surface area is 147 Å². The Kier molecular flexibility index (Phi) is 6.34. The number of aromatic nitrogens is 2. The molecule has 2 aromatic rings. The summed E-state index contributed by atoms with van der Waals surface area (Å²) in [7, 11) is 0. The minimum absolute atomic E-state index is 0. The molecule has 1 aromatic carbocycles. The summed E-state index contributed by atoms with van der Waals surface area (Å²) in [5, 5.41) is 6.90. The number of hydrogen-bond donors (Lipinski definition) is 2. The van der Waals surface area contributed by atoms with E-state index in [-0.39, 0.29) is 36.3 Å². The van der Waals surface area contributed by atoms with Crippen LogP contribution >= 0.6 is 12.4 Å². The number of nitrogens with one attached hydrogen (secondary N) is 1. The van der Waals surface area contributed by atoms with Crippen molar-refractivity contribution >= 4 is 18.3 Å². The first-order chi connectivity index (χ1) is 11.1. The van der Waals surface area contributed by atoms with Crippen LogP contribution in [0.4, 0.5) is 0 Å². The van der Waals surface area contributed by atoms with Crippen LogP contribution in [0.2, 0.25) is 0 Å². The van der Waals surface area contributed by atoms with Gasteiger partial charge < -0.3 is 15.6 Å². The number of nitrogens with two attached hydrogens (primary N) is 1. The second-order valence-electron chi connectivity index (χ2n) is 6.17. The highest BCUT2D eigenvalue weighted by atomic mass is 35.5. The van der Waals surface area contributed by atoms with Crippen LogP contribution in [0.25, 0.3) is 11.5 Å². The van der Waals surface area contributed by atoms with Gasteiger partial charge in [-0.3, -0.25) is 4.79 Å². The Hall–Kier alpha value is -1.92. The predicted molar refractivity (Wildman–Crippen MR) is 93.5 cm³/mol. The summed E-state index contributed by atoms with van der Waals surface area (Å²) in [4.78, 5) is 16.5. The second kappa shape index (κ2) is 8.26. The van der Waals surface area contributed by atoms with Crippen molar-refractivity contribution in [3.63, 3.8) is 0 Å². The molecule has 1 fully saturated rings. The first kappa shape index (κ1) is 18.4. The quantitative estimate of drug-likeness (QED) is 0.864. The first-order valence-electron chi connectivity index (χ1n) is 8.07. The number of amides is 1. The number of carbonyl (C=O) groups excluding carboxylic acids is 1. The van der Waals surface area contributed by atoms with Gasteiger partial charge in [0.2, 0.25) is 5.91 Å². The third kappa shape index (κ3) is 4.33. The van der Waals surface area contributed by atoms with Gasteiger partial charge in [0.1, 0.15) is 0 Å². The Balaban J connectivity index is 0.00000208. The Bertz CT molecular complexity index is 662. The second-order valence-corrected chi connectivity index (χ2v) is 6.17. The monoisotopic (exact) mass is 350 g/mol. The van der Waals surface area contributed by atoms with Crippen molar-refractivity contribution in [1.29, 1.82) is 0 Å². The van der Waals surface area contributed by atoms with Gasteiger partial charge in [-0.1, -0.05) is 29.8 Å². The minimum Gasteiger partial charge on any atom is -0.346 e. The van der Waals surface area contributed by atoms with Crippen LogP contribution in [0.5, 0.6) is 0 Å². The van der Waals surface area contributed by atoms with Gasteiger partial charge in [-0.05, 0) is 37.8 Å². The van der Waals surface area contributed by atoms with Crippen molar-refractivity contribution in [2.24, 2.45) is 11.7 Å². The molecular weight excluding hydrogens is 328 g/mol. The maximum atomic E-state index is 12.2. The van der Waals surface area contributed by atoms with E-state index in [1.165, 1.54) is 0 Å². The molecule has 130 valence electrons. The number of carbonyl (C=O) groups is 1. The topological polar surface area (TPSA) is 94.0 Å². The lowest BCUT2D eigenvalue weighted by Crippen LogP contribution is -2.33. The van der Waals surface area contributed by atoms with Crippen LogP contribution in [0.3, 0.4) is 0 Å². The van der Waals surface area contributed by atoms with E-state index in [0.717, 1.165) is 24.8 Å². The highest BCUT2D eigenvalue weighted by Crippen LogP contribution is 2.27. The predicted octanol–water partition coefficient (Wildman–Crippen LogP) is 2.85. The van der Waals surface area contributed by atoms with E-state index in [1.54, 1.807) is 0 Å². The van der Waals surface area contributed by atoms with E-state index < -0.39 is 0 Å². The minimum atomic E-state index is -0.290. The van der Waals surface area contributed by atoms with Crippen molar-refractivity contribution in [1.82, 2.24) is 15.5 Å².